The van der Waals surface area contributed by atoms with Gasteiger partial charge < -0.3 is 5.32 Å². The van der Waals surface area contributed by atoms with Crippen LogP contribution in [-0.2, 0) is 14.8 Å². The molecule has 2 aromatic carbocycles. The molecule has 0 atom stereocenters. The summed E-state index contributed by atoms with van der Waals surface area (Å²) < 4.78 is 65.5. The summed E-state index contributed by atoms with van der Waals surface area (Å²) in [6.45, 7) is -0.286. The van der Waals surface area contributed by atoms with Crippen molar-refractivity contribution in [2.24, 2.45) is 0 Å². The zero-order valence-corrected chi connectivity index (χ0v) is 14.1. The van der Waals surface area contributed by atoms with Gasteiger partial charge in [0.2, 0.25) is 15.9 Å². The summed E-state index contributed by atoms with van der Waals surface area (Å²) in [5.41, 5.74) is -0.540. The summed E-state index contributed by atoms with van der Waals surface area (Å²) in [6, 6.07) is 6.32. The molecule has 0 aliphatic carbocycles. The van der Waals surface area contributed by atoms with Crippen molar-refractivity contribution in [2.75, 3.05) is 11.9 Å². The number of hydrogen-bond acceptors (Lipinski definition) is 3. The molecule has 0 saturated carbocycles. The number of halogens is 4. The average molecular weight is 393 g/mol. The van der Waals surface area contributed by atoms with Crippen LogP contribution < -0.4 is 10.0 Å². The second-order valence-electron chi connectivity index (χ2n) is 4.90. The smallest absolute Gasteiger partial charge is 0.240 e. The Balaban J connectivity index is 1.93. The first kappa shape index (κ1) is 19.2. The molecule has 2 rings (SSSR count). The van der Waals surface area contributed by atoms with Gasteiger partial charge in [-0.2, -0.15) is 0 Å². The zero-order chi connectivity index (χ0) is 18.6. The highest BCUT2D eigenvalue weighted by Crippen LogP contribution is 2.18. The highest BCUT2D eigenvalue weighted by atomic mass is 35.5. The fourth-order valence-electron chi connectivity index (χ4n) is 1.85. The van der Waals surface area contributed by atoms with E-state index < -0.39 is 39.1 Å². The van der Waals surface area contributed by atoms with Gasteiger partial charge in [0.15, 0.2) is 11.6 Å². The molecule has 0 aromatic heterocycles. The first-order valence-electron chi connectivity index (χ1n) is 6.88. The third-order valence-corrected chi connectivity index (χ3v) is 4.73. The average Bonchev–Trinajstić information content (AvgIpc) is 2.52. The normalized spacial score (nSPS) is 11.4. The highest BCUT2D eigenvalue weighted by molar-refractivity contribution is 7.89. The van der Waals surface area contributed by atoms with Crippen LogP contribution in [0, 0.1) is 17.5 Å². The third kappa shape index (κ3) is 5.18. The van der Waals surface area contributed by atoms with Crippen LogP contribution in [0.4, 0.5) is 18.9 Å². The van der Waals surface area contributed by atoms with Crippen molar-refractivity contribution in [3.8, 4) is 0 Å². The van der Waals surface area contributed by atoms with Crippen molar-refractivity contribution in [2.45, 2.75) is 11.3 Å². The summed E-state index contributed by atoms with van der Waals surface area (Å²) in [6.07, 6.45) is -0.349. The number of carbonyl (C=O) groups excluding carboxylic acids is 1. The van der Waals surface area contributed by atoms with Crippen molar-refractivity contribution in [1.82, 2.24) is 4.72 Å². The second kappa shape index (κ2) is 7.85. The number of sulfonamides is 1. The quantitative estimate of drug-likeness (QED) is 0.742. The summed E-state index contributed by atoms with van der Waals surface area (Å²) in [4.78, 5) is 11.6. The van der Waals surface area contributed by atoms with E-state index in [1.165, 1.54) is 24.3 Å². The number of amides is 1. The molecule has 10 heteroatoms. The van der Waals surface area contributed by atoms with E-state index in [9.17, 15) is 26.4 Å². The van der Waals surface area contributed by atoms with Crippen LogP contribution in [0.15, 0.2) is 41.3 Å². The van der Waals surface area contributed by atoms with Crippen molar-refractivity contribution in [3.63, 3.8) is 0 Å². The van der Waals surface area contributed by atoms with Crippen LogP contribution in [0.1, 0.15) is 6.42 Å². The predicted octanol–water partition coefficient (Wildman–Crippen LogP) is 3.06. The van der Waals surface area contributed by atoms with Gasteiger partial charge in [0.1, 0.15) is 5.82 Å². The molecule has 0 aliphatic heterocycles. The molecule has 0 spiro atoms. The van der Waals surface area contributed by atoms with E-state index in [1.807, 2.05) is 5.32 Å². The number of hydrogen-bond donors (Lipinski definition) is 2. The molecule has 0 unspecified atom stereocenters. The first-order valence-corrected chi connectivity index (χ1v) is 8.75. The number of rotatable bonds is 6. The lowest BCUT2D eigenvalue weighted by Gasteiger charge is -2.09. The van der Waals surface area contributed by atoms with Gasteiger partial charge in [-0.15, -0.1) is 0 Å². The van der Waals surface area contributed by atoms with E-state index in [1.54, 1.807) is 0 Å². The van der Waals surface area contributed by atoms with Crippen molar-refractivity contribution < 1.29 is 26.4 Å². The van der Waals surface area contributed by atoms with E-state index >= 15 is 0 Å². The summed E-state index contributed by atoms with van der Waals surface area (Å²) in [5.74, 6) is -4.63. The van der Waals surface area contributed by atoms with Gasteiger partial charge in [0, 0.05) is 30.1 Å². The maximum absolute atomic E-state index is 13.4. The molecule has 134 valence electrons. The number of benzene rings is 2. The Labute approximate surface area is 146 Å². The summed E-state index contributed by atoms with van der Waals surface area (Å²) >= 11 is 5.72. The fourth-order valence-corrected chi connectivity index (χ4v) is 3.18. The number of anilines is 1. The standard InChI is InChI=1S/C15H12ClF3N2O3S/c16-9-2-1-3-10(6-9)25(23,24)20-5-4-15(22)21-14-8-12(18)11(17)7-13(14)19/h1-3,6-8,20H,4-5H2,(H,21,22). The number of nitrogens with one attached hydrogen (secondary N) is 2. The second-order valence-corrected chi connectivity index (χ2v) is 7.10. The van der Waals surface area contributed by atoms with Crippen molar-refractivity contribution >= 4 is 33.2 Å². The molecule has 0 heterocycles. The van der Waals surface area contributed by atoms with Crippen LogP contribution in [0.25, 0.3) is 0 Å². The van der Waals surface area contributed by atoms with E-state index in [0.29, 0.717) is 12.1 Å². The van der Waals surface area contributed by atoms with Crippen LogP contribution in [0.2, 0.25) is 5.02 Å². The van der Waals surface area contributed by atoms with E-state index in [0.717, 1.165) is 0 Å². The Hall–Kier alpha value is -2.10. The maximum atomic E-state index is 13.4. The molecule has 0 radical (unpaired) electrons. The molecule has 2 aromatic rings. The van der Waals surface area contributed by atoms with Gasteiger partial charge in [-0.3, -0.25) is 4.79 Å². The van der Waals surface area contributed by atoms with Crippen LogP contribution in [-0.4, -0.2) is 20.9 Å². The molecular formula is C15H12ClF3N2O3S. The molecule has 0 fully saturated rings. The number of carbonyl (C=O) groups is 1. The Morgan fingerprint density at radius 3 is 2.40 bits per heavy atom. The van der Waals surface area contributed by atoms with Crippen LogP contribution in [0.5, 0.6) is 0 Å². The molecular weight excluding hydrogens is 381 g/mol. The summed E-state index contributed by atoms with van der Waals surface area (Å²) in [5, 5.41) is 2.27. The fraction of sp³-hybridized carbons (Fsp3) is 0.133. The molecule has 0 saturated heterocycles. The molecule has 1 amide bonds. The highest BCUT2D eigenvalue weighted by Gasteiger charge is 2.16. The minimum Gasteiger partial charge on any atom is -0.323 e. The third-order valence-electron chi connectivity index (χ3n) is 3.03. The van der Waals surface area contributed by atoms with Gasteiger partial charge in [-0.1, -0.05) is 17.7 Å². The minimum absolute atomic E-state index is 0.0768. The van der Waals surface area contributed by atoms with E-state index in [-0.39, 0.29) is 22.9 Å². The first-order chi connectivity index (χ1) is 11.7. The Morgan fingerprint density at radius 2 is 1.72 bits per heavy atom. The molecule has 0 bridgehead atoms. The maximum Gasteiger partial charge on any atom is 0.240 e. The van der Waals surface area contributed by atoms with Gasteiger partial charge in [0.05, 0.1) is 10.6 Å². The summed E-state index contributed by atoms with van der Waals surface area (Å²) in [7, 11) is -3.87. The van der Waals surface area contributed by atoms with Crippen LogP contribution >= 0.6 is 11.6 Å². The predicted molar refractivity (Wildman–Crippen MR) is 86.2 cm³/mol. The Kier molecular flexibility index (Phi) is 6.04. The van der Waals surface area contributed by atoms with E-state index in [2.05, 4.69) is 4.72 Å². The SMILES string of the molecule is O=C(CCNS(=O)(=O)c1cccc(Cl)c1)Nc1cc(F)c(F)cc1F. The Bertz CT molecular complexity index is 907. The van der Waals surface area contributed by atoms with Gasteiger partial charge in [0.25, 0.3) is 0 Å². The monoisotopic (exact) mass is 392 g/mol. The van der Waals surface area contributed by atoms with Gasteiger partial charge >= 0.3 is 0 Å². The molecule has 25 heavy (non-hydrogen) atoms. The van der Waals surface area contributed by atoms with Crippen LogP contribution in [0.3, 0.4) is 0 Å². The van der Waals surface area contributed by atoms with Gasteiger partial charge in [-0.25, -0.2) is 26.3 Å². The zero-order valence-electron chi connectivity index (χ0n) is 12.5. The Morgan fingerprint density at radius 1 is 1.04 bits per heavy atom. The van der Waals surface area contributed by atoms with Gasteiger partial charge in [-0.05, 0) is 18.2 Å². The van der Waals surface area contributed by atoms with Crippen molar-refractivity contribution in [3.05, 3.63) is 58.9 Å². The lowest BCUT2D eigenvalue weighted by molar-refractivity contribution is -0.116. The van der Waals surface area contributed by atoms with E-state index in [4.69, 9.17) is 11.6 Å². The lowest BCUT2D eigenvalue weighted by atomic mass is 10.2. The lowest BCUT2D eigenvalue weighted by Crippen LogP contribution is -2.28. The topological polar surface area (TPSA) is 75.3 Å². The molecule has 5 nitrogen and oxygen atoms in total. The molecule has 2 N–H and O–H groups in total. The minimum atomic E-state index is -3.87. The largest absolute Gasteiger partial charge is 0.323 e. The molecule has 0 aliphatic rings. The van der Waals surface area contributed by atoms with Crippen molar-refractivity contribution in [1.29, 1.82) is 0 Å².